The molecule has 0 amide bonds. The second-order valence-electron chi connectivity index (χ2n) is 6.18. The standard InChI is InChI=1S/C16H30O3Si2/c1-8-10-14-15(20(6,7)13-9-2)11-12-16(14)21(17-3,18-4)19-5/h9,11-12,15H,2,8,10,13H2,1,3-7H3. The minimum atomic E-state index is -2.74. The molecule has 0 radical (unpaired) electrons. The molecule has 0 saturated heterocycles. The quantitative estimate of drug-likeness (QED) is 0.466. The maximum Gasteiger partial charge on any atom is 0.536 e. The van der Waals surface area contributed by atoms with Gasteiger partial charge in [0.15, 0.2) is 0 Å². The summed E-state index contributed by atoms with van der Waals surface area (Å²) >= 11 is 0. The molecule has 0 bridgehead atoms. The fourth-order valence-electron chi connectivity index (χ4n) is 3.25. The highest BCUT2D eigenvalue weighted by molar-refractivity contribution is 6.81. The lowest BCUT2D eigenvalue weighted by Crippen LogP contribution is -2.45. The molecule has 1 aliphatic carbocycles. The minimum Gasteiger partial charge on any atom is -0.373 e. The van der Waals surface area contributed by atoms with E-state index < -0.39 is 16.9 Å². The third-order valence-corrected chi connectivity index (χ3v) is 10.7. The van der Waals surface area contributed by atoms with Crippen molar-refractivity contribution in [2.75, 3.05) is 21.3 Å². The Hall–Kier alpha value is -0.466. The van der Waals surface area contributed by atoms with Crippen molar-refractivity contribution in [1.82, 2.24) is 0 Å². The molecule has 1 atom stereocenters. The topological polar surface area (TPSA) is 27.7 Å². The summed E-state index contributed by atoms with van der Waals surface area (Å²) in [6.07, 6.45) is 8.79. The summed E-state index contributed by atoms with van der Waals surface area (Å²) in [5.41, 5.74) is 1.99. The van der Waals surface area contributed by atoms with E-state index in [-0.39, 0.29) is 0 Å². The van der Waals surface area contributed by atoms with Crippen LogP contribution < -0.4 is 0 Å². The van der Waals surface area contributed by atoms with Gasteiger partial charge in [-0.1, -0.05) is 50.2 Å². The van der Waals surface area contributed by atoms with Crippen LogP contribution >= 0.6 is 0 Å². The van der Waals surface area contributed by atoms with Crippen molar-refractivity contribution in [2.45, 2.75) is 44.4 Å². The second kappa shape index (κ2) is 7.69. The van der Waals surface area contributed by atoms with Gasteiger partial charge < -0.3 is 13.3 Å². The highest BCUT2D eigenvalue weighted by Gasteiger charge is 2.48. The zero-order chi connectivity index (χ0) is 16.1. The van der Waals surface area contributed by atoms with Crippen LogP contribution in [0.4, 0.5) is 0 Å². The summed E-state index contributed by atoms with van der Waals surface area (Å²) in [7, 11) is 0.876. The SMILES string of the molecule is C=CC[Si](C)(C)C1C=CC([Si](OC)(OC)OC)=C1CCC. The van der Waals surface area contributed by atoms with Gasteiger partial charge in [0.25, 0.3) is 0 Å². The Bertz CT molecular complexity index is 415. The van der Waals surface area contributed by atoms with Crippen LogP contribution in [0, 0.1) is 0 Å². The van der Waals surface area contributed by atoms with E-state index in [0.29, 0.717) is 5.54 Å². The molecular weight excluding hydrogens is 296 g/mol. The van der Waals surface area contributed by atoms with Gasteiger partial charge in [0.05, 0.1) is 8.07 Å². The first-order valence-corrected chi connectivity index (χ1v) is 12.6. The Balaban J connectivity index is 3.30. The van der Waals surface area contributed by atoms with Gasteiger partial charge in [-0.25, -0.2) is 0 Å². The van der Waals surface area contributed by atoms with Gasteiger partial charge in [-0.3, -0.25) is 0 Å². The smallest absolute Gasteiger partial charge is 0.373 e. The van der Waals surface area contributed by atoms with Crippen molar-refractivity contribution >= 4 is 16.9 Å². The maximum atomic E-state index is 5.70. The summed E-state index contributed by atoms with van der Waals surface area (Å²) in [6, 6.07) is 1.12. The largest absolute Gasteiger partial charge is 0.536 e. The fourth-order valence-corrected chi connectivity index (χ4v) is 8.39. The molecule has 0 fully saturated rings. The lowest BCUT2D eigenvalue weighted by Gasteiger charge is -2.32. The average molecular weight is 327 g/mol. The van der Waals surface area contributed by atoms with Gasteiger partial charge in [0.2, 0.25) is 0 Å². The summed E-state index contributed by atoms with van der Waals surface area (Å²) in [5, 5.41) is 1.17. The molecule has 5 heteroatoms. The molecular formula is C16H30O3Si2. The van der Waals surface area contributed by atoms with E-state index >= 15 is 0 Å². The lowest BCUT2D eigenvalue weighted by atomic mass is 10.1. The Labute approximate surface area is 132 Å². The molecule has 1 unspecified atom stereocenters. The van der Waals surface area contributed by atoms with Gasteiger partial charge in [-0.15, -0.1) is 6.58 Å². The lowest BCUT2D eigenvalue weighted by molar-refractivity contribution is 0.135. The van der Waals surface area contributed by atoms with Crippen molar-refractivity contribution in [3.05, 3.63) is 35.6 Å². The van der Waals surface area contributed by atoms with Crippen molar-refractivity contribution in [3.63, 3.8) is 0 Å². The molecule has 0 heterocycles. The molecule has 0 saturated carbocycles. The fraction of sp³-hybridized carbons (Fsp3) is 0.625. The van der Waals surface area contributed by atoms with E-state index in [0.717, 1.165) is 18.9 Å². The third kappa shape index (κ3) is 3.66. The van der Waals surface area contributed by atoms with Crippen molar-refractivity contribution < 1.29 is 13.3 Å². The van der Waals surface area contributed by atoms with Gasteiger partial charge in [0.1, 0.15) is 0 Å². The van der Waals surface area contributed by atoms with Crippen molar-refractivity contribution in [1.29, 1.82) is 0 Å². The van der Waals surface area contributed by atoms with Crippen LogP contribution in [-0.2, 0) is 13.3 Å². The zero-order valence-electron chi connectivity index (χ0n) is 14.4. The molecule has 1 rings (SSSR count). The van der Waals surface area contributed by atoms with E-state index in [2.05, 4.69) is 44.8 Å². The molecule has 0 aromatic heterocycles. The first kappa shape index (κ1) is 18.6. The summed E-state index contributed by atoms with van der Waals surface area (Å²) in [6.45, 7) is 11.0. The number of hydrogen-bond donors (Lipinski definition) is 0. The summed E-state index contributed by atoms with van der Waals surface area (Å²) in [5.74, 6) is 0. The van der Waals surface area contributed by atoms with E-state index in [1.807, 2.05) is 0 Å². The molecule has 21 heavy (non-hydrogen) atoms. The summed E-state index contributed by atoms with van der Waals surface area (Å²) in [4.78, 5) is 0. The van der Waals surface area contributed by atoms with Crippen LogP contribution in [-0.4, -0.2) is 38.2 Å². The average Bonchev–Trinajstić information content (AvgIpc) is 2.87. The van der Waals surface area contributed by atoms with Crippen LogP contribution in [0.2, 0.25) is 24.7 Å². The van der Waals surface area contributed by atoms with Crippen LogP contribution in [0.1, 0.15) is 19.8 Å². The van der Waals surface area contributed by atoms with Gasteiger partial charge in [0, 0.05) is 26.5 Å². The van der Waals surface area contributed by atoms with Crippen LogP contribution in [0.5, 0.6) is 0 Å². The molecule has 0 aliphatic heterocycles. The minimum absolute atomic E-state index is 0.526. The Morgan fingerprint density at radius 1 is 1.19 bits per heavy atom. The Morgan fingerprint density at radius 3 is 2.19 bits per heavy atom. The maximum absolute atomic E-state index is 5.70. The normalized spacial score (nSPS) is 19.4. The first-order chi connectivity index (χ1) is 9.92. The zero-order valence-corrected chi connectivity index (χ0v) is 16.4. The highest BCUT2D eigenvalue weighted by atomic mass is 28.4. The van der Waals surface area contributed by atoms with E-state index in [4.69, 9.17) is 13.3 Å². The number of rotatable bonds is 9. The number of hydrogen-bond acceptors (Lipinski definition) is 3. The molecule has 0 aromatic carbocycles. The number of allylic oxidation sites excluding steroid dienone is 5. The van der Waals surface area contributed by atoms with E-state index in [9.17, 15) is 0 Å². The predicted molar refractivity (Wildman–Crippen MR) is 94.1 cm³/mol. The molecule has 120 valence electrons. The van der Waals surface area contributed by atoms with Crippen molar-refractivity contribution in [3.8, 4) is 0 Å². The van der Waals surface area contributed by atoms with E-state index in [1.54, 1.807) is 21.3 Å². The predicted octanol–water partition coefficient (Wildman–Crippen LogP) is 4.33. The molecule has 0 N–H and O–H groups in total. The molecule has 1 aliphatic rings. The summed E-state index contributed by atoms with van der Waals surface area (Å²) < 4.78 is 17.1. The van der Waals surface area contributed by atoms with Gasteiger partial charge in [-0.2, -0.15) is 0 Å². The first-order valence-electron chi connectivity index (χ1n) is 7.60. The van der Waals surface area contributed by atoms with Crippen LogP contribution in [0.15, 0.2) is 35.6 Å². The molecule has 3 nitrogen and oxygen atoms in total. The molecule has 0 aromatic rings. The van der Waals surface area contributed by atoms with Gasteiger partial charge in [-0.05, 0) is 18.0 Å². The highest BCUT2D eigenvalue weighted by Crippen LogP contribution is 2.45. The Kier molecular flexibility index (Phi) is 6.81. The Morgan fingerprint density at radius 2 is 1.76 bits per heavy atom. The second-order valence-corrected chi connectivity index (χ2v) is 14.1. The van der Waals surface area contributed by atoms with Crippen LogP contribution in [0.3, 0.4) is 0 Å². The molecule has 0 spiro atoms. The van der Waals surface area contributed by atoms with Crippen molar-refractivity contribution in [2.24, 2.45) is 0 Å². The monoisotopic (exact) mass is 326 g/mol. The van der Waals surface area contributed by atoms with Gasteiger partial charge >= 0.3 is 8.80 Å². The van der Waals surface area contributed by atoms with Crippen LogP contribution in [0.25, 0.3) is 0 Å². The third-order valence-electron chi connectivity index (χ3n) is 4.34. The van der Waals surface area contributed by atoms with E-state index in [1.165, 1.54) is 10.8 Å².